The molecule has 0 amide bonds. The molecule has 2 heterocycles. The first-order valence-electron chi connectivity index (χ1n) is 15.4. The second-order valence-electron chi connectivity index (χ2n) is 11.0. The smallest absolute Gasteiger partial charge is 0.159 e. The van der Waals surface area contributed by atoms with Crippen LogP contribution in [-0.2, 0) is 12.8 Å². The molecule has 3 rings (SSSR count). The number of aromatic nitrogens is 2. The van der Waals surface area contributed by atoms with Crippen LogP contribution in [0.2, 0.25) is 0 Å². The largest absolute Gasteiger partial charge is 0.490 e. The molecule has 1 aromatic heterocycles. The van der Waals surface area contributed by atoms with Gasteiger partial charge in [0.1, 0.15) is 11.9 Å². The average molecular weight is 493 g/mol. The molecule has 0 saturated carbocycles. The third-order valence-corrected chi connectivity index (χ3v) is 7.71. The lowest BCUT2D eigenvalue weighted by Crippen LogP contribution is -2.12. The van der Waals surface area contributed by atoms with Crippen molar-refractivity contribution in [2.24, 2.45) is 0 Å². The first-order chi connectivity index (χ1) is 17.8. The van der Waals surface area contributed by atoms with Crippen molar-refractivity contribution in [3.05, 3.63) is 41.7 Å². The lowest BCUT2D eigenvalue weighted by Gasteiger charge is -2.10. The number of benzene rings is 1. The number of nitrogens with zero attached hydrogens (tertiary/aromatic N) is 2. The van der Waals surface area contributed by atoms with E-state index in [0.29, 0.717) is 6.10 Å². The summed E-state index contributed by atoms with van der Waals surface area (Å²) in [6.07, 6.45) is 30.9. The van der Waals surface area contributed by atoms with Crippen LogP contribution in [0.15, 0.2) is 30.6 Å². The van der Waals surface area contributed by atoms with Gasteiger partial charge in [-0.2, -0.15) is 0 Å². The van der Waals surface area contributed by atoms with E-state index < -0.39 is 0 Å². The Morgan fingerprint density at radius 2 is 1.25 bits per heavy atom. The quantitative estimate of drug-likeness (QED) is 0.172. The van der Waals surface area contributed by atoms with Crippen molar-refractivity contribution in [1.82, 2.24) is 9.97 Å². The van der Waals surface area contributed by atoms with Gasteiger partial charge in [-0.05, 0) is 55.0 Å². The number of fused-ring (bicyclic) bond motifs is 1. The SMILES string of the molecule is CCCCCCCCCCCc1cnc(-c2ccc3c(c2)CC(CCCCCCCCCC)O3)nc1. The van der Waals surface area contributed by atoms with Crippen molar-refractivity contribution in [2.75, 3.05) is 0 Å². The maximum absolute atomic E-state index is 6.23. The summed E-state index contributed by atoms with van der Waals surface area (Å²) in [6.45, 7) is 4.57. The number of rotatable bonds is 20. The Bertz CT molecular complexity index is 832. The van der Waals surface area contributed by atoms with Crippen LogP contribution in [-0.4, -0.2) is 16.1 Å². The van der Waals surface area contributed by atoms with Gasteiger partial charge in [0, 0.05) is 24.4 Å². The predicted molar refractivity (Wildman–Crippen MR) is 154 cm³/mol. The molecule has 0 radical (unpaired) electrons. The Morgan fingerprint density at radius 1 is 0.694 bits per heavy atom. The van der Waals surface area contributed by atoms with E-state index >= 15 is 0 Å². The number of hydrogen-bond donors (Lipinski definition) is 0. The number of aryl methyl sites for hydroxylation is 1. The zero-order valence-corrected chi connectivity index (χ0v) is 23.4. The normalized spacial score (nSPS) is 14.7. The molecular weight excluding hydrogens is 440 g/mol. The molecule has 200 valence electrons. The van der Waals surface area contributed by atoms with Crippen LogP contribution in [0.25, 0.3) is 11.4 Å². The van der Waals surface area contributed by atoms with Crippen LogP contribution < -0.4 is 4.74 Å². The standard InChI is InChI=1S/C33H52N2O/c1-3-5-7-9-11-13-14-16-18-20-28-26-34-33(35-27-28)29-22-23-32-30(24-29)25-31(36-32)21-19-17-15-12-10-8-6-4-2/h22-24,26-27,31H,3-21,25H2,1-2H3. The summed E-state index contributed by atoms with van der Waals surface area (Å²) in [5.74, 6) is 1.89. The fourth-order valence-corrected chi connectivity index (χ4v) is 5.40. The van der Waals surface area contributed by atoms with Gasteiger partial charge in [-0.15, -0.1) is 0 Å². The molecule has 1 unspecified atom stereocenters. The molecule has 1 aromatic carbocycles. The van der Waals surface area contributed by atoms with E-state index in [2.05, 4.69) is 32.0 Å². The van der Waals surface area contributed by atoms with Gasteiger partial charge < -0.3 is 4.74 Å². The number of unbranched alkanes of at least 4 members (excludes halogenated alkanes) is 15. The van der Waals surface area contributed by atoms with E-state index in [1.807, 2.05) is 12.4 Å². The summed E-state index contributed by atoms with van der Waals surface area (Å²) < 4.78 is 6.23. The zero-order chi connectivity index (χ0) is 25.3. The van der Waals surface area contributed by atoms with Crippen molar-refractivity contribution >= 4 is 0 Å². The van der Waals surface area contributed by atoms with Gasteiger partial charge in [0.2, 0.25) is 0 Å². The fourth-order valence-electron chi connectivity index (χ4n) is 5.40. The Kier molecular flexibility index (Phi) is 14.0. The van der Waals surface area contributed by atoms with Crippen LogP contribution >= 0.6 is 0 Å². The minimum Gasteiger partial charge on any atom is -0.490 e. The van der Waals surface area contributed by atoms with Crippen LogP contribution in [0.1, 0.15) is 141 Å². The molecule has 0 N–H and O–H groups in total. The fraction of sp³-hybridized carbons (Fsp3) is 0.697. The van der Waals surface area contributed by atoms with Crippen LogP contribution in [0.5, 0.6) is 5.75 Å². The average Bonchev–Trinajstić information content (AvgIpc) is 3.32. The minimum atomic E-state index is 0.343. The molecular formula is C33H52N2O. The number of hydrogen-bond acceptors (Lipinski definition) is 3. The summed E-state index contributed by atoms with van der Waals surface area (Å²) in [7, 11) is 0. The molecule has 0 saturated heterocycles. The van der Waals surface area contributed by atoms with Gasteiger partial charge in [-0.25, -0.2) is 9.97 Å². The Labute approximate surface area is 221 Å². The number of ether oxygens (including phenoxy) is 1. The molecule has 3 nitrogen and oxygen atoms in total. The highest BCUT2D eigenvalue weighted by atomic mass is 16.5. The summed E-state index contributed by atoms with van der Waals surface area (Å²) in [5, 5.41) is 0. The molecule has 3 heteroatoms. The summed E-state index contributed by atoms with van der Waals surface area (Å²) in [4.78, 5) is 9.39. The van der Waals surface area contributed by atoms with Gasteiger partial charge >= 0.3 is 0 Å². The lowest BCUT2D eigenvalue weighted by atomic mass is 10.0. The molecule has 36 heavy (non-hydrogen) atoms. The molecule has 1 atom stereocenters. The molecule has 1 aliphatic heterocycles. The van der Waals surface area contributed by atoms with Gasteiger partial charge in [-0.1, -0.05) is 110 Å². The topological polar surface area (TPSA) is 35.0 Å². The third kappa shape index (κ3) is 10.6. The first-order valence-corrected chi connectivity index (χ1v) is 15.4. The predicted octanol–water partition coefficient (Wildman–Crippen LogP) is 10.1. The maximum atomic E-state index is 6.23. The summed E-state index contributed by atoms with van der Waals surface area (Å²) >= 11 is 0. The second-order valence-corrected chi connectivity index (χ2v) is 11.0. The van der Waals surface area contributed by atoms with E-state index in [4.69, 9.17) is 14.7 Å². The van der Waals surface area contributed by atoms with Crippen LogP contribution in [0.3, 0.4) is 0 Å². The third-order valence-electron chi connectivity index (χ3n) is 7.71. The van der Waals surface area contributed by atoms with Crippen molar-refractivity contribution in [3.8, 4) is 17.1 Å². The maximum Gasteiger partial charge on any atom is 0.159 e. The molecule has 0 fully saturated rings. The highest BCUT2D eigenvalue weighted by Gasteiger charge is 2.23. The van der Waals surface area contributed by atoms with E-state index in [1.165, 1.54) is 127 Å². The lowest BCUT2D eigenvalue weighted by molar-refractivity contribution is 0.216. The van der Waals surface area contributed by atoms with Crippen molar-refractivity contribution in [2.45, 2.75) is 148 Å². The molecule has 0 spiro atoms. The van der Waals surface area contributed by atoms with E-state index in [0.717, 1.165) is 30.0 Å². The molecule has 1 aliphatic rings. The van der Waals surface area contributed by atoms with Gasteiger partial charge in [-0.3, -0.25) is 0 Å². The zero-order valence-electron chi connectivity index (χ0n) is 23.4. The highest BCUT2D eigenvalue weighted by Crippen LogP contribution is 2.33. The Balaban J connectivity index is 1.32. The Hall–Kier alpha value is -1.90. The molecule has 2 aromatic rings. The Morgan fingerprint density at radius 3 is 1.86 bits per heavy atom. The molecule has 0 aliphatic carbocycles. The van der Waals surface area contributed by atoms with Gasteiger partial charge in [0.15, 0.2) is 5.82 Å². The van der Waals surface area contributed by atoms with E-state index in [9.17, 15) is 0 Å². The van der Waals surface area contributed by atoms with E-state index in [-0.39, 0.29) is 0 Å². The van der Waals surface area contributed by atoms with Crippen molar-refractivity contribution in [1.29, 1.82) is 0 Å². The minimum absolute atomic E-state index is 0.343. The first kappa shape index (κ1) is 28.7. The van der Waals surface area contributed by atoms with Crippen molar-refractivity contribution in [3.63, 3.8) is 0 Å². The summed E-state index contributed by atoms with van der Waals surface area (Å²) in [5.41, 5.74) is 3.69. The van der Waals surface area contributed by atoms with Gasteiger partial charge in [0.05, 0.1) is 0 Å². The van der Waals surface area contributed by atoms with Gasteiger partial charge in [0.25, 0.3) is 0 Å². The molecule has 0 bridgehead atoms. The highest BCUT2D eigenvalue weighted by molar-refractivity contribution is 5.59. The monoisotopic (exact) mass is 492 g/mol. The van der Waals surface area contributed by atoms with Crippen molar-refractivity contribution < 1.29 is 4.74 Å². The van der Waals surface area contributed by atoms with E-state index in [1.54, 1.807) is 0 Å². The van der Waals surface area contributed by atoms with Crippen LogP contribution in [0.4, 0.5) is 0 Å². The summed E-state index contributed by atoms with van der Waals surface area (Å²) in [6, 6.07) is 6.49. The van der Waals surface area contributed by atoms with Crippen LogP contribution in [0, 0.1) is 0 Å². The second kappa shape index (κ2) is 17.5.